The molecular formula is C17H15BrClF3. The average molecular weight is 392 g/mol. The monoisotopic (exact) mass is 390 g/mol. The highest BCUT2D eigenvalue weighted by atomic mass is 79.9. The van der Waals surface area contributed by atoms with Crippen LogP contribution in [0.1, 0.15) is 37.8 Å². The Bertz CT molecular complexity index is 682. The first-order valence-corrected chi connectivity index (χ1v) is 8.05. The lowest BCUT2D eigenvalue weighted by atomic mass is 9.92. The Morgan fingerprint density at radius 3 is 2.55 bits per heavy atom. The fourth-order valence-corrected chi connectivity index (χ4v) is 3.12. The minimum Gasteiger partial charge on any atom is -0.166 e. The van der Waals surface area contributed by atoms with Crippen LogP contribution in [-0.2, 0) is 6.18 Å². The Kier molecular flexibility index (Phi) is 5.23. The van der Waals surface area contributed by atoms with Gasteiger partial charge in [0.25, 0.3) is 0 Å². The zero-order chi connectivity index (χ0) is 16.5. The third-order valence-corrected chi connectivity index (χ3v) is 4.91. The molecule has 0 atom stereocenters. The van der Waals surface area contributed by atoms with E-state index in [4.69, 9.17) is 11.6 Å². The van der Waals surface area contributed by atoms with E-state index in [0.29, 0.717) is 5.56 Å². The Morgan fingerprint density at radius 1 is 1.27 bits per heavy atom. The number of halogens is 5. The van der Waals surface area contributed by atoms with Crippen LogP contribution in [0.3, 0.4) is 0 Å². The van der Waals surface area contributed by atoms with Crippen molar-refractivity contribution in [2.24, 2.45) is 0 Å². The van der Waals surface area contributed by atoms with E-state index in [-0.39, 0.29) is 5.02 Å². The van der Waals surface area contributed by atoms with Gasteiger partial charge in [-0.3, -0.25) is 0 Å². The summed E-state index contributed by atoms with van der Waals surface area (Å²) >= 11 is 9.23. The average Bonchev–Trinajstić information content (AvgIpc) is 2.58. The van der Waals surface area contributed by atoms with Gasteiger partial charge < -0.3 is 0 Å². The van der Waals surface area contributed by atoms with E-state index >= 15 is 0 Å². The van der Waals surface area contributed by atoms with Crippen LogP contribution in [0.2, 0.25) is 5.02 Å². The third-order valence-electron chi connectivity index (χ3n) is 3.66. The SMILES string of the molecule is CCC1=C(c2ccc(Cl)c(C(F)(F)F)c2)C(C)=C(Br)CC=C1. The maximum Gasteiger partial charge on any atom is 0.417 e. The summed E-state index contributed by atoms with van der Waals surface area (Å²) in [4.78, 5) is 0. The van der Waals surface area contributed by atoms with Gasteiger partial charge in [-0.25, -0.2) is 0 Å². The summed E-state index contributed by atoms with van der Waals surface area (Å²) < 4.78 is 40.3. The van der Waals surface area contributed by atoms with E-state index < -0.39 is 11.7 Å². The highest BCUT2D eigenvalue weighted by Gasteiger charge is 2.33. The minimum absolute atomic E-state index is 0.278. The van der Waals surface area contributed by atoms with Gasteiger partial charge in [0.15, 0.2) is 0 Å². The molecule has 0 N–H and O–H groups in total. The fourth-order valence-electron chi connectivity index (χ4n) is 2.51. The van der Waals surface area contributed by atoms with Gasteiger partial charge in [0.05, 0.1) is 10.6 Å². The van der Waals surface area contributed by atoms with Crippen molar-refractivity contribution in [2.45, 2.75) is 32.9 Å². The first-order valence-electron chi connectivity index (χ1n) is 6.88. The Hall–Kier alpha value is -1.00. The molecule has 1 aromatic carbocycles. The molecule has 1 aromatic rings. The molecule has 0 spiro atoms. The topological polar surface area (TPSA) is 0 Å². The molecule has 0 heterocycles. The van der Waals surface area contributed by atoms with Gasteiger partial charge in [-0.2, -0.15) is 13.2 Å². The van der Waals surface area contributed by atoms with Crippen LogP contribution in [0.25, 0.3) is 5.57 Å². The molecule has 0 saturated heterocycles. The predicted octanol–water partition coefficient (Wildman–Crippen LogP) is 7.15. The van der Waals surface area contributed by atoms with Gasteiger partial charge in [-0.05, 0) is 54.2 Å². The minimum atomic E-state index is -4.46. The smallest absolute Gasteiger partial charge is 0.166 e. The summed E-state index contributed by atoms with van der Waals surface area (Å²) in [5.74, 6) is 0. The molecule has 118 valence electrons. The van der Waals surface area contributed by atoms with Crippen LogP contribution in [0.15, 0.2) is 46.0 Å². The van der Waals surface area contributed by atoms with Crippen molar-refractivity contribution in [3.05, 3.63) is 62.1 Å². The maximum atomic E-state index is 13.1. The van der Waals surface area contributed by atoms with E-state index in [1.807, 2.05) is 26.0 Å². The lowest BCUT2D eigenvalue weighted by molar-refractivity contribution is -0.137. The van der Waals surface area contributed by atoms with Gasteiger partial charge in [0.1, 0.15) is 0 Å². The number of hydrogen-bond acceptors (Lipinski definition) is 0. The van der Waals surface area contributed by atoms with Crippen molar-refractivity contribution in [3.8, 4) is 0 Å². The second-order valence-electron chi connectivity index (χ2n) is 5.08. The van der Waals surface area contributed by atoms with E-state index in [2.05, 4.69) is 15.9 Å². The molecule has 22 heavy (non-hydrogen) atoms. The molecule has 0 aliphatic heterocycles. The van der Waals surface area contributed by atoms with E-state index in [9.17, 15) is 13.2 Å². The highest BCUT2D eigenvalue weighted by molar-refractivity contribution is 9.11. The predicted molar refractivity (Wildman–Crippen MR) is 89.0 cm³/mol. The quantitative estimate of drug-likeness (QED) is 0.502. The Balaban J connectivity index is 2.70. The molecular weight excluding hydrogens is 377 g/mol. The third kappa shape index (κ3) is 3.49. The second-order valence-corrected chi connectivity index (χ2v) is 6.45. The van der Waals surface area contributed by atoms with Crippen LogP contribution in [-0.4, -0.2) is 0 Å². The largest absolute Gasteiger partial charge is 0.417 e. The molecule has 0 fully saturated rings. The molecule has 2 rings (SSSR count). The van der Waals surface area contributed by atoms with Crippen LogP contribution >= 0.6 is 27.5 Å². The summed E-state index contributed by atoms with van der Waals surface area (Å²) in [5.41, 5.74) is 2.55. The maximum absolute atomic E-state index is 13.1. The summed E-state index contributed by atoms with van der Waals surface area (Å²) in [5, 5.41) is -0.278. The van der Waals surface area contributed by atoms with Crippen LogP contribution in [0, 0.1) is 0 Å². The highest BCUT2D eigenvalue weighted by Crippen LogP contribution is 2.40. The van der Waals surface area contributed by atoms with Crippen LogP contribution in [0.4, 0.5) is 13.2 Å². The Labute approximate surface area is 141 Å². The molecule has 0 aromatic heterocycles. The zero-order valence-corrected chi connectivity index (χ0v) is 14.5. The number of rotatable bonds is 2. The van der Waals surface area contributed by atoms with Crippen molar-refractivity contribution in [3.63, 3.8) is 0 Å². The van der Waals surface area contributed by atoms with Crippen molar-refractivity contribution in [2.75, 3.05) is 0 Å². The van der Waals surface area contributed by atoms with Gasteiger partial charge >= 0.3 is 6.18 Å². The summed E-state index contributed by atoms with van der Waals surface area (Å²) in [7, 11) is 0. The lowest BCUT2D eigenvalue weighted by Crippen LogP contribution is -2.07. The second kappa shape index (κ2) is 6.63. The van der Waals surface area contributed by atoms with Crippen molar-refractivity contribution in [1.82, 2.24) is 0 Å². The molecule has 0 bridgehead atoms. The molecule has 0 unspecified atom stereocenters. The molecule has 0 nitrogen and oxygen atoms in total. The zero-order valence-electron chi connectivity index (χ0n) is 12.2. The van der Waals surface area contributed by atoms with Crippen LogP contribution in [0.5, 0.6) is 0 Å². The number of benzene rings is 1. The molecule has 1 aliphatic carbocycles. The van der Waals surface area contributed by atoms with Gasteiger partial charge in [-0.15, -0.1) is 0 Å². The van der Waals surface area contributed by atoms with Gasteiger partial charge in [0, 0.05) is 4.48 Å². The molecule has 5 heteroatoms. The summed E-state index contributed by atoms with van der Waals surface area (Å²) in [6.07, 6.45) is 1.01. The standard InChI is InChI=1S/C17H15BrClF3/c1-3-11-5-4-6-14(18)10(2)16(11)12-7-8-15(19)13(9-12)17(20,21)22/h4-5,7-9H,3,6H2,1-2H3. The van der Waals surface area contributed by atoms with Crippen molar-refractivity contribution in [1.29, 1.82) is 0 Å². The van der Waals surface area contributed by atoms with Gasteiger partial charge in [-0.1, -0.05) is 52.7 Å². The van der Waals surface area contributed by atoms with E-state index in [0.717, 1.165) is 40.1 Å². The van der Waals surface area contributed by atoms with E-state index in [1.165, 1.54) is 6.07 Å². The molecule has 0 amide bonds. The molecule has 1 aliphatic rings. The lowest BCUT2D eigenvalue weighted by Gasteiger charge is -2.16. The van der Waals surface area contributed by atoms with E-state index in [1.54, 1.807) is 6.07 Å². The first-order chi connectivity index (χ1) is 10.3. The van der Waals surface area contributed by atoms with Crippen molar-refractivity contribution < 1.29 is 13.2 Å². The van der Waals surface area contributed by atoms with Crippen LogP contribution < -0.4 is 0 Å². The number of alkyl halides is 3. The van der Waals surface area contributed by atoms with Crippen molar-refractivity contribution >= 4 is 33.1 Å². The molecule has 0 saturated carbocycles. The summed E-state index contributed by atoms with van der Waals surface area (Å²) in [6, 6.07) is 4.09. The summed E-state index contributed by atoms with van der Waals surface area (Å²) in [6.45, 7) is 3.91. The number of allylic oxidation sites excluding steroid dienone is 6. The molecule has 0 radical (unpaired) electrons. The van der Waals surface area contributed by atoms with Gasteiger partial charge in [0.2, 0.25) is 0 Å². The Morgan fingerprint density at radius 2 is 1.95 bits per heavy atom. The normalized spacial score (nSPS) is 16.3. The number of hydrogen-bond donors (Lipinski definition) is 0. The fraction of sp³-hybridized carbons (Fsp3) is 0.294. The first kappa shape index (κ1) is 17.4.